The molecular formula is C25H34F3N3O3. The smallest absolute Gasteiger partial charge is 0.382 e. The van der Waals surface area contributed by atoms with Gasteiger partial charge in [-0.25, -0.2) is 0 Å². The lowest BCUT2D eigenvalue weighted by Gasteiger charge is -2.45. The summed E-state index contributed by atoms with van der Waals surface area (Å²) in [5.41, 5.74) is -1.74. The molecule has 34 heavy (non-hydrogen) atoms. The summed E-state index contributed by atoms with van der Waals surface area (Å²) in [6.07, 6.45) is -3.12. The van der Waals surface area contributed by atoms with Crippen molar-refractivity contribution in [3.05, 3.63) is 29.3 Å². The Bertz CT molecular complexity index is 928. The SMILES string of the molecule is CCC(C)(C)C(=O)N1CC[C@@H]2CN(c3ccc(C#N)c(C(F)(F)F)c3)C[C@]2(COCCOC)C1. The van der Waals surface area contributed by atoms with Crippen molar-refractivity contribution in [1.29, 1.82) is 5.26 Å². The second-order valence-corrected chi connectivity index (χ2v) is 10.1. The zero-order valence-electron chi connectivity index (χ0n) is 20.4. The number of rotatable bonds is 8. The molecule has 0 bridgehead atoms. The second kappa shape index (κ2) is 10.1. The molecule has 0 N–H and O–H groups in total. The Morgan fingerprint density at radius 1 is 1.26 bits per heavy atom. The van der Waals surface area contributed by atoms with Gasteiger partial charge in [0.25, 0.3) is 0 Å². The number of methoxy groups -OCH3 is 1. The fraction of sp³-hybridized carbons (Fsp3) is 0.680. The highest BCUT2D eigenvalue weighted by molar-refractivity contribution is 5.82. The van der Waals surface area contributed by atoms with E-state index in [1.165, 1.54) is 6.07 Å². The number of hydrogen-bond acceptors (Lipinski definition) is 5. The molecular weight excluding hydrogens is 447 g/mol. The summed E-state index contributed by atoms with van der Waals surface area (Å²) in [5.74, 6) is 0.273. The van der Waals surface area contributed by atoms with Crippen molar-refractivity contribution < 1.29 is 27.4 Å². The Hall–Kier alpha value is -2.31. The molecule has 3 rings (SSSR count). The van der Waals surface area contributed by atoms with Gasteiger partial charge in [0.15, 0.2) is 0 Å². The van der Waals surface area contributed by atoms with E-state index >= 15 is 0 Å². The van der Waals surface area contributed by atoms with E-state index in [-0.39, 0.29) is 17.4 Å². The summed E-state index contributed by atoms with van der Waals surface area (Å²) < 4.78 is 51.7. The second-order valence-electron chi connectivity index (χ2n) is 10.1. The fourth-order valence-corrected chi connectivity index (χ4v) is 5.02. The molecule has 0 unspecified atom stereocenters. The fourth-order valence-electron chi connectivity index (χ4n) is 5.02. The molecule has 2 saturated heterocycles. The van der Waals surface area contributed by atoms with Gasteiger partial charge in [-0.3, -0.25) is 4.79 Å². The van der Waals surface area contributed by atoms with Crippen molar-refractivity contribution in [2.24, 2.45) is 16.7 Å². The maximum absolute atomic E-state index is 13.6. The normalized spacial score (nSPS) is 23.1. The summed E-state index contributed by atoms with van der Waals surface area (Å²) in [6, 6.07) is 5.52. The average molecular weight is 482 g/mol. The van der Waals surface area contributed by atoms with Crippen LogP contribution in [0.2, 0.25) is 0 Å². The molecule has 1 aromatic rings. The zero-order valence-corrected chi connectivity index (χ0v) is 20.4. The van der Waals surface area contributed by atoms with Crippen LogP contribution in [0, 0.1) is 28.1 Å². The maximum atomic E-state index is 13.6. The number of carbonyl (C=O) groups is 1. The Labute approximate surface area is 199 Å². The number of nitriles is 1. The monoisotopic (exact) mass is 481 g/mol. The number of anilines is 1. The molecule has 6 nitrogen and oxygen atoms in total. The minimum Gasteiger partial charge on any atom is -0.382 e. The molecule has 9 heteroatoms. The summed E-state index contributed by atoms with van der Waals surface area (Å²) in [4.78, 5) is 17.1. The van der Waals surface area contributed by atoms with Crippen molar-refractivity contribution in [1.82, 2.24) is 4.90 Å². The van der Waals surface area contributed by atoms with Gasteiger partial charge in [0.2, 0.25) is 5.91 Å². The molecule has 0 aliphatic carbocycles. The molecule has 0 aromatic heterocycles. The number of nitrogens with zero attached hydrogens (tertiary/aromatic N) is 3. The Morgan fingerprint density at radius 2 is 2.00 bits per heavy atom. The highest BCUT2D eigenvalue weighted by Crippen LogP contribution is 2.46. The number of fused-ring (bicyclic) bond motifs is 1. The van der Waals surface area contributed by atoms with Crippen molar-refractivity contribution in [3.63, 3.8) is 0 Å². The largest absolute Gasteiger partial charge is 0.417 e. The quantitative estimate of drug-likeness (QED) is 0.517. The summed E-state index contributed by atoms with van der Waals surface area (Å²) in [6.45, 7) is 9.33. The Kier molecular flexibility index (Phi) is 7.83. The van der Waals surface area contributed by atoms with Crippen molar-refractivity contribution in [2.45, 2.75) is 39.8 Å². The standard InChI is InChI=1S/C25H34F3N3O3/c1-5-23(2,3)22(32)30-9-8-19-14-31(16-24(19,15-30)17-34-11-10-33-4)20-7-6-18(13-29)21(12-20)25(26,27)28/h6-7,12,19H,5,8-11,14-17H2,1-4H3/t19-,24+/m1/s1. The van der Waals surface area contributed by atoms with Crippen LogP contribution in [0.4, 0.5) is 18.9 Å². The summed E-state index contributed by atoms with van der Waals surface area (Å²) in [7, 11) is 1.60. The van der Waals surface area contributed by atoms with E-state index in [0.29, 0.717) is 51.7 Å². The number of carbonyl (C=O) groups excluding carboxylic acids is 1. The Balaban J connectivity index is 1.89. The molecule has 1 aromatic carbocycles. The van der Waals surface area contributed by atoms with Crippen LogP contribution in [0.15, 0.2) is 18.2 Å². The van der Waals surface area contributed by atoms with Gasteiger partial charge >= 0.3 is 6.18 Å². The van der Waals surface area contributed by atoms with E-state index in [4.69, 9.17) is 14.7 Å². The molecule has 188 valence electrons. The van der Waals surface area contributed by atoms with E-state index in [9.17, 15) is 18.0 Å². The van der Waals surface area contributed by atoms with E-state index in [2.05, 4.69) is 0 Å². The number of ether oxygens (including phenoxy) is 2. The van der Waals surface area contributed by atoms with Crippen LogP contribution < -0.4 is 4.90 Å². The highest BCUT2D eigenvalue weighted by atomic mass is 19.4. The van der Waals surface area contributed by atoms with Gasteiger partial charge in [-0.2, -0.15) is 18.4 Å². The summed E-state index contributed by atoms with van der Waals surface area (Å²) >= 11 is 0. The Morgan fingerprint density at radius 3 is 2.62 bits per heavy atom. The lowest BCUT2D eigenvalue weighted by Crippen LogP contribution is -2.55. The molecule has 2 heterocycles. The molecule has 0 radical (unpaired) electrons. The lowest BCUT2D eigenvalue weighted by atomic mass is 9.73. The maximum Gasteiger partial charge on any atom is 0.417 e. The summed E-state index contributed by atoms with van der Waals surface area (Å²) in [5, 5.41) is 9.13. The van der Waals surface area contributed by atoms with Crippen LogP contribution in [-0.4, -0.2) is 63.9 Å². The van der Waals surface area contributed by atoms with Gasteiger partial charge in [0.05, 0.1) is 37.0 Å². The predicted octanol–water partition coefficient (Wildman–Crippen LogP) is 4.33. The van der Waals surface area contributed by atoms with Crippen LogP contribution in [0.25, 0.3) is 0 Å². The van der Waals surface area contributed by atoms with Crippen LogP contribution >= 0.6 is 0 Å². The molecule has 2 atom stereocenters. The van der Waals surface area contributed by atoms with Crippen molar-refractivity contribution in [2.75, 3.05) is 58.0 Å². The first-order valence-corrected chi connectivity index (χ1v) is 11.7. The van der Waals surface area contributed by atoms with Gasteiger partial charge in [-0.15, -0.1) is 0 Å². The van der Waals surface area contributed by atoms with Crippen LogP contribution in [0.5, 0.6) is 0 Å². The van der Waals surface area contributed by atoms with Gasteiger partial charge < -0.3 is 19.3 Å². The van der Waals surface area contributed by atoms with Gasteiger partial charge in [-0.05, 0) is 37.0 Å². The number of likely N-dealkylation sites (tertiary alicyclic amines) is 1. The minimum absolute atomic E-state index is 0.0981. The number of hydrogen-bond donors (Lipinski definition) is 0. The first kappa shape index (κ1) is 26.3. The third kappa shape index (κ3) is 5.33. The predicted molar refractivity (Wildman–Crippen MR) is 122 cm³/mol. The van der Waals surface area contributed by atoms with E-state index in [1.807, 2.05) is 30.6 Å². The van der Waals surface area contributed by atoms with Crippen LogP contribution in [0.3, 0.4) is 0 Å². The average Bonchev–Trinajstić information content (AvgIpc) is 3.19. The molecule has 0 spiro atoms. The van der Waals surface area contributed by atoms with Gasteiger partial charge in [-0.1, -0.05) is 20.8 Å². The lowest BCUT2D eigenvalue weighted by molar-refractivity contribution is -0.146. The molecule has 1 amide bonds. The van der Waals surface area contributed by atoms with E-state index in [1.54, 1.807) is 19.2 Å². The minimum atomic E-state index is -4.61. The molecule has 2 aliphatic rings. The number of alkyl halides is 3. The molecule has 0 saturated carbocycles. The number of benzene rings is 1. The first-order valence-electron chi connectivity index (χ1n) is 11.7. The highest BCUT2D eigenvalue weighted by Gasteiger charge is 2.52. The molecule has 2 aliphatic heterocycles. The third-order valence-corrected chi connectivity index (χ3v) is 7.43. The third-order valence-electron chi connectivity index (χ3n) is 7.43. The number of piperidine rings is 1. The van der Waals surface area contributed by atoms with Crippen LogP contribution in [0.1, 0.15) is 44.7 Å². The van der Waals surface area contributed by atoms with Crippen molar-refractivity contribution >= 4 is 11.6 Å². The van der Waals surface area contributed by atoms with Crippen LogP contribution in [-0.2, 0) is 20.4 Å². The van der Waals surface area contributed by atoms with Gasteiger partial charge in [0.1, 0.15) is 0 Å². The van der Waals surface area contributed by atoms with E-state index < -0.39 is 22.6 Å². The molecule has 2 fully saturated rings. The number of halogens is 3. The van der Waals surface area contributed by atoms with E-state index in [0.717, 1.165) is 18.9 Å². The first-order chi connectivity index (χ1) is 16.0. The topological polar surface area (TPSA) is 65.8 Å². The van der Waals surface area contributed by atoms with Gasteiger partial charge in [0, 0.05) is 49.8 Å². The number of amides is 1. The zero-order chi connectivity index (χ0) is 25.1. The van der Waals surface area contributed by atoms with Crippen molar-refractivity contribution in [3.8, 4) is 6.07 Å².